The van der Waals surface area contributed by atoms with Gasteiger partial charge in [0.2, 0.25) is 0 Å². The Morgan fingerprint density at radius 1 is 1.09 bits per heavy atom. The van der Waals surface area contributed by atoms with E-state index in [1.54, 1.807) is 12.1 Å². The van der Waals surface area contributed by atoms with Gasteiger partial charge in [-0.3, -0.25) is 9.69 Å². The van der Waals surface area contributed by atoms with E-state index in [-0.39, 0.29) is 11.7 Å². The molecule has 1 fully saturated rings. The summed E-state index contributed by atoms with van der Waals surface area (Å²) in [7, 11) is 0. The van der Waals surface area contributed by atoms with Crippen LogP contribution in [-0.2, 0) is 6.54 Å². The predicted octanol–water partition coefficient (Wildman–Crippen LogP) is 3.17. The molecule has 0 aliphatic carbocycles. The van der Waals surface area contributed by atoms with Gasteiger partial charge in [-0.25, -0.2) is 4.39 Å². The molecule has 1 aliphatic rings. The second-order valence-electron chi connectivity index (χ2n) is 6.06. The van der Waals surface area contributed by atoms with Gasteiger partial charge in [0.25, 0.3) is 5.91 Å². The normalized spacial score (nSPS) is 18.9. The van der Waals surface area contributed by atoms with Crippen molar-refractivity contribution in [2.24, 2.45) is 0 Å². The topological polar surface area (TPSA) is 23.6 Å². The highest BCUT2D eigenvalue weighted by Gasteiger charge is 2.27. The highest BCUT2D eigenvalue weighted by atomic mass is 19.1. The minimum Gasteiger partial charge on any atom is -0.336 e. The monoisotopic (exact) mass is 312 g/mol. The van der Waals surface area contributed by atoms with Crippen LogP contribution in [-0.4, -0.2) is 41.4 Å². The van der Waals surface area contributed by atoms with Gasteiger partial charge in [-0.1, -0.05) is 30.3 Å². The van der Waals surface area contributed by atoms with Crippen molar-refractivity contribution in [1.82, 2.24) is 9.80 Å². The molecule has 1 unspecified atom stereocenters. The quantitative estimate of drug-likeness (QED) is 0.869. The third-order valence-corrected chi connectivity index (χ3v) is 4.37. The molecule has 3 rings (SSSR count). The summed E-state index contributed by atoms with van der Waals surface area (Å²) in [5.41, 5.74) is 1.84. The standard InChI is InChI=1S/C19H21FN2O/c1-15-13-22(19(23)17-7-9-18(20)10-8-17)12-11-21(15)14-16-5-3-2-4-6-16/h2-10,15H,11-14H2,1H3. The summed E-state index contributed by atoms with van der Waals surface area (Å²) in [6, 6.07) is 16.5. The Kier molecular flexibility index (Phi) is 4.72. The SMILES string of the molecule is CC1CN(C(=O)c2ccc(F)cc2)CCN1Cc1ccccc1. The lowest BCUT2D eigenvalue weighted by molar-refractivity contribution is 0.0495. The summed E-state index contributed by atoms with van der Waals surface area (Å²) in [5.74, 6) is -0.334. The van der Waals surface area contributed by atoms with Crippen LogP contribution >= 0.6 is 0 Å². The molecule has 0 N–H and O–H groups in total. The zero-order chi connectivity index (χ0) is 16.2. The van der Waals surface area contributed by atoms with Crippen molar-refractivity contribution in [2.75, 3.05) is 19.6 Å². The Bertz CT molecular complexity index is 657. The number of benzene rings is 2. The van der Waals surface area contributed by atoms with Crippen molar-refractivity contribution >= 4 is 5.91 Å². The maximum atomic E-state index is 13.0. The largest absolute Gasteiger partial charge is 0.336 e. The predicted molar refractivity (Wildman–Crippen MR) is 88.6 cm³/mol. The summed E-state index contributed by atoms with van der Waals surface area (Å²) in [4.78, 5) is 16.8. The number of hydrogen-bond acceptors (Lipinski definition) is 2. The fraction of sp³-hybridized carbons (Fsp3) is 0.316. The van der Waals surface area contributed by atoms with Gasteiger partial charge in [0, 0.05) is 37.8 Å². The van der Waals surface area contributed by atoms with Gasteiger partial charge in [0.1, 0.15) is 5.82 Å². The van der Waals surface area contributed by atoms with Gasteiger partial charge >= 0.3 is 0 Å². The Labute approximate surface area is 136 Å². The van der Waals surface area contributed by atoms with Gasteiger partial charge in [-0.05, 0) is 36.8 Å². The van der Waals surface area contributed by atoms with Gasteiger partial charge < -0.3 is 4.90 Å². The summed E-state index contributed by atoms with van der Waals surface area (Å²) in [6.45, 7) is 5.30. The maximum Gasteiger partial charge on any atom is 0.253 e. The zero-order valence-electron chi connectivity index (χ0n) is 13.3. The van der Waals surface area contributed by atoms with E-state index < -0.39 is 0 Å². The van der Waals surface area contributed by atoms with E-state index in [0.717, 1.165) is 13.1 Å². The van der Waals surface area contributed by atoms with E-state index in [1.807, 2.05) is 23.1 Å². The Morgan fingerprint density at radius 3 is 2.43 bits per heavy atom. The molecule has 23 heavy (non-hydrogen) atoms. The first-order valence-corrected chi connectivity index (χ1v) is 7.96. The van der Waals surface area contributed by atoms with Crippen LogP contribution in [0.1, 0.15) is 22.8 Å². The van der Waals surface area contributed by atoms with Gasteiger partial charge in [0.15, 0.2) is 0 Å². The van der Waals surface area contributed by atoms with E-state index in [1.165, 1.54) is 17.7 Å². The van der Waals surface area contributed by atoms with E-state index >= 15 is 0 Å². The second kappa shape index (κ2) is 6.92. The van der Waals surface area contributed by atoms with E-state index in [0.29, 0.717) is 24.7 Å². The van der Waals surface area contributed by atoms with Crippen LogP contribution in [0, 0.1) is 5.82 Å². The molecule has 4 heteroatoms. The lowest BCUT2D eigenvalue weighted by Gasteiger charge is -2.40. The van der Waals surface area contributed by atoms with Crippen LogP contribution in [0.15, 0.2) is 54.6 Å². The summed E-state index contributed by atoms with van der Waals surface area (Å²) in [5, 5.41) is 0. The molecule has 0 saturated carbocycles. The molecule has 0 spiro atoms. The van der Waals surface area contributed by atoms with E-state index in [2.05, 4.69) is 24.0 Å². The molecule has 1 heterocycles. The molecule has 3 nitrogen and oxygen atoms in total. The van der Waals surface area contributed by atoms with Crippen molar-refractivity contribution in [1.29, 1.82) is 0 Å². The van der Waals surface area contributed by atoms with E-state index in [9.17, 15) is 9.18 Å². The Hall–Kier alpha value is -2.20. The van der Waals surface area contributed by atoms with Crippen LogP contribution in [0.3, 0.4) is 0 Å². The number of carbonyl (C=O) groups is 1. The summed E-state index contributed by atoms with van der Waals surface area (Å²) in [6.07, 6.45) is 0. The number of piperazine rings is 1. The summed E-state index contributed by atoms with van der Waals surface area (Å²) < 4.78 is 13.0. The fourth-order valence-corrected chi connectivity index (χ4v) is 3.01. The molecule has 1 aliphatic heterocycles. The molecule has 0 radical (unpaired) electrons. The third kappa shape index (κ3) is 3.77. The molecule has 2 aromatic rings. The zero-order valence-corrected chi connectivity index (χ0v) is 13.3. The van der Waals surface area contributed by atoms with Crippen LogP contribution in [0.2, 0.25) is 0 Å². The number of rotatable bonds is 3. The fourth-order valence-electron chi connectivity index (χ4n) is 3.01. The second-order valence-corrected chi connectivity index (χ2v) is 6.06. The third-order valence-electron chi connectivity index (χ3n) is 4.37. The molecule has 2 aromatic carbocycles. The van der Waals surface area contributed by atoms with Crippen LogP contribution < -0.4 is 0 Å². The lowest BCUT2D eigenvalue weighted by atomic mass is 10.1. The average Bonchev–Trinajstić information content (AvgIpc) is 2.58. The molecular formula is C19H21FN2O. The van der Waals surface area contributed by atoms with Crippen molar-refractivity contribution in [2.45, 2.75) is 19.5 Å². The highest BCUT2D eigenvalue weighted by molar-refractivity contribution is 5.94. The van der Waals surface area contributed by atoms with Gasteiger partial charge in [0.05, 0.1) is 0 Å². The number of nitrogens with zero attached hydrogens (tertiary/aromatic N) is 2. The number of carbonyl (C=O) groups excluding carboxylic acids is 1. The number of hydrogen-bond donors (Lipinski definition) is 0. The minimum atomic E-state index is -0.317. The molecular weight excluding hydrogens is 291 g/mol. The first-order valence-electron chi connectivity index (χ1n) is 7.96. The smallest absolute Gasteiger partial charge is 0.253 e. The van der Waals surface area contributed by atoms with Gasteiger partial charge in [-0.15, -0.1) is 0 Å². The lowest BCUT2D eigenvalue weighted by Crippen LogP contribution is -2.53. The molecule has 1 saturated heterocycles. The van der Waals surface area contributed by atoms with Crippen LogP contribution in [0.5, 0.6) is 0 Å². The first kappa shape index (κ1) is 15.7. The van der Waals surface area contributed by atoms with Crippen molar-refractivity contribution in [3.8, 4) is 0 Å². The highest BCUT2D eigenvalue weighted by Crippen LogP contribution is 2.16. The van der Waals surface area contributed by atoms with Gasteiger partial charge in [-0.2, -0.15) is 0 Å². The Balaban J connectivity index is 1.61. The number of halogens is 1. The average molecular weight is 312 g/mol. The molecule has 1 atom stereocenters. The summed E-state index contributed by atoms with van der Waals surface area (Å²) >= 11 is 0. The first-order chi connectivity index (χ1) is 11.1. The van der Waals surface area contributed by atoms with Crippen molar-refractivity contribution in [3.05, 3.63) is 71.5 Å². The molecule has 0 bridgehead atoms. The van der Waals surface area contributed by atoms with Crippen LogP contribution in [0.4, 0.5) is 4.39 Å². The maximum absolute atomic E-state index is 13.0. The Morgan fingerprint density at radius 2 is 1.78 bits per heavy atom. The number of amides is 1. The van der Waals surface area contributed by atoms with E-state index in [4.69, 9.17) is 0 Å². The van der Waals surface area contributed by atoms with Crippen molar-refractivity contribution in [3.63, 3.8) is 0 Å². The minimum absolute atomic E-state index is 0.0174. The molecule has 1 amide bonds. The van der Waals surface area contributed by atoms with Crippen molar-refractivity contribution < 1.29 is 9.18 Å². The molecule has 0 aromatic heterocycles. The molecule has 120 valence electrons. The van der Waals surface area contributed by atoms with Crippen LogP contribution in [0.25, 0.3) is 0 Å².